The highest BCUT2D eigenvalue weighted by Crippen LogP contribution is 2.33. The van der Waals surface area contributed by atoms with Gasteiger partial charge in [-0.3, -0.25) is 4.79 Å². The zero-order valence-corrected chi connectivity index (χ0v) is 10.9. The molecule has 1 aromatic rings. The van der Waals surface area contributed by atoms with E-state index >= 15 is 0 Å². The Labute approximate surface area is 100 Å². The molecule has 1 aliphatic rings. The van der Waals surface area contributed by atoms with Crippen molar-refractivity contribution in [1.29, 1.82) is 0 Å². The Morgan fingerprint density at radius 1 is 1.31 bits per heavy atom. The number of rotatable bonds is 2. The van der Waals surface area contributed by atoms with Gasteiger partial charge in [0.05, 0.1) is 10.6 Å². The van der Waals surface area contributed by atoms with E-state index in [1.165, 1.54) is 24.2 Å². The van der Waals surface area contributed by atoms with Gasteiger partial charge >= 0.3 is 0 Å². The molecule has 88 valence electrons. The van der Waals surface area contributed by atoms with Gasteiger partial charge < -0.3 is 4.90 Å². The highest BCUT2D eigenvalue weighted by atomic mass is 32.1. The topological polar surface area (TPSA) is 33.2 Å². The van der Waals surface area contributed by atoms with Crippen LogP contribution in [0.5, 0.6) is 0 Å². The van der Waals surface area contributed by atoms with E-state index < -0.39 is 0 Å². The maximum absolute atomic E-state index is 11.1. The lowest BCUT2D eigenvalue weighted by Crippen LogP contribution is -2.18. The molecule has 0 unspecified atom stereocenters. The van der Waals surface area contributed by atoms with Crippen LogP contribution in [0, 0.1) is 0 Å². The van der Waals surface area contributed by atoms with Crippen LogP contribution in [0.2, 0.25) is 0 Å². The molecule has 1 aliphatic heterocycles. The van der Waals surface area contributed by atoms with Crippen LogP contribution in [0.15, 0.2) is 0 Å². The van der Waals surface area contributed by atoms with Gasteiger partial charge in [-0.25, -0.2) is 4.98 Å². The lowest BCUT2D eigenvalue weighted by molar-refractivity contribution is 0.112. The summed E-state index contributed by atoms with van der Waals surface area (Å²) in [5.74, 6) is 0. The number of aldehydes is 1. The Hall–Kier alpha value is -0.900. The van der Waals surface area contributed by atoms with E-state index in [-0.39, 0.29) is 5.41 Å². The molecule has 0 saturated carbocycles. The predicted octanol–water partition coefficient (Wildman–Crippen LogP) is 2.85. The average molecular weight is 238 g/mol. The Bertz CT molecular complexity index is 386. The first kappa shape index (κ1) is 11.6. The Morgan fingerprint density at radius 3 is 2.38 bits per heavy atom. The molecule has 2 rings (SSSR count). The van der Waals surface area contributed by atoms with Crippen molar-refractivity contribution in [2.75, 3.05) is 18.0 Å². The van der Waals surface area contributed by atoms with Gasteiger partial charge in [0, 0.05) is 18.5 Å². The minimum Gasteiger partial charge on any atom is -0.348 e. The lowest BCUT2D eigenvalue weighted by Gasteiger charge is -2.16. The van der Waals surface area contributed by atoms with Crippen molar-refractivity contribution in [3.8, 4) is 0 Å². The van der Waals surface area contributed by atoms with Gasteiger partial charge in [-0.2, -0.15) is 0 Å². The summed E-state index contributed by atoms with van der Waals surface area (Å²) >= 11 is 1.53. The third-order valence-electron chi connectivity index (χ3n) is 2.84. The number of carbonyl (C=O) groups excluding carboxylic acids is 1. The number of aromatic nitrogens is 1. The normalized spacial score (nSPS) is 16.8. The summed E-state index contributed by atoms with van der Waals surface area (Å²) in [7, 11) is 0. The molecule has 3 nitrogen and oxygen atoms in total. The summed E-state index contributed by atoms with van der Waals surface area (Å²) in [6, 6.07) is 0. The number of carbonyl (C=O) groups is 1. The van der Waals surface area contributed by atoms with Gasteiger partial charge in [0.25, 0.3) is 0 Å². The molecule has 4 heteroatoms. The fourth-order valence-corrected chi connectivity index (χ4v) is 3.12. The molecule has 1 aromatic heterocycles. The van der Waals surface area contributed by atoms with Gasteiger partial charge in [0.2, 0.25) is 0 Å². The van der Waals surface area contributed by atoms with Gasteiger partial charge in [0.15, 0.2) is 11.4 Å². The van der Waals surface area contributed by atoms with E-state index in [9.17, 15) is 4.79 Å². The van der Waals surface area contributed by atoms with Gasteiger partial charge in [-0.05, 0) is 12.8 Å². The third-order valence-corrected chi connectivity index (χ3v) is 3.88. The minimum absolute atomic E-state index is 0.0509. The SMILES string of the molecule is CC(C)(C)c1nc(N2CCCC2)sc1C=O. The van der Waals surface area contributed by atoms with Crippen LogP contribution in [0.3, 0.4) is 0 Å². The minimum atomic E-state index is -0.0509. The number of hydrogen-bond donors (Lipinski definition) is 0. The van der Waals surface area contributed by atoms with E-state index in [1.807, 2.05) is 0 Å². The third kappa shape index (κ3) is 2.12. The molecule has 0 N–H and O–H groups in total. The van der Waals surface area contributed by atoms with Gasteiger partial charge in [-0.15, -0.1) is 0 Å². The van der Waals surface area contributed by atoms with Crippen molar-refractivity contribution < 1.29 is 4.79 Å². The van der Waals surface area contributed by atoms with Gasteiger partial charge in [-0.1, -0.05) is 32.1 Å². The number of anilines is 1. The zero-order valence-electron chi connectivity index (χ0n) is 10.1. The van der Waals surface area contributed by atoms with Crippen molar-refractivity contribution in [3.05, 3.63) is 10.6 Å². The smallest absolute Gasteiger partial charge is 0.186 e. The average Bonchev–Trinajstić information content (AvgIpc) is 2.85. The second kappa shape index (κ2) is 4.17. The molecular weight excluding hydrogens is 220 g/mol. The highest BCUT2D eigenvalue weighted by molar-refractivity contribution is 7.17. The van der Waals surface area contributed by atoms with Crippen LogP contribution in [0.25, 0.3) is 0 Å². The summed E-state index contributed by atoms with van der Waals surface area (Å²) in [5.41, 5.74) is 0.888. The molecule has 0 spiro atoms. The molecule has 1 saturated heterocycles. The number of nitrogens with zero attached hydrogens (tertiary/aromatic N) is 2. The van der Waals surface area contributed by atoms with Crippen LogP contribution >= 0.6 is 11.3 Å². The molecule has 1 fully saturated rings. The monoisotopic (exact) mass is 238 g/mol. The van der Waals surface area contributed by atoms with Crippen LogP contribution < -0.4 is 4.90 Å². The number of thiazole rings is 1. The summed E-state index contributed by atoms with van der Waals surface area (Å²) in [6.07, 6.45) is 3.42. The molecule has 0 atom stereocenters. The van der Waals surface area contributed by atoms with Crippen LogP contribution in [-0.2, 0) is 5.41 Å². The Kier molecular flexibility index (Phi) is 3.02. The fraction of sp³-hybridized carbons (Fsp3) is 0.667. The number of hydrogen-bond acceptors (Lipinski definition) is 4. The van der Waals surface area contributed by atoms with Crippen molar-refractivity contribution in [3.63, 3.8) is 0 Å². The Morgan fingerprint density at radius 2 is 1.94 bits per heavy atom. The predicted molar refractivity (Wildman–Crippen MR) is 67.6 cm³/mol. The van der Waals surface area contributed by atoms with Crippen LogP contribution in [0.1, 0.15) is 49.0 Å². The van der Waals surface area contributed by atoms with Crippen molar-refractivity contribution in [1.82, 2.24) is 4.98 Å². The second-order valence-corrected chi connectivity index (χ2v) is 6.28. The highest BCUT2D eigenvalue weighted by Gasteiger charge is 2.25. The largest absolute Gasteiger partial charge is 0.348 e. The molecule has 0 amide bonds. The van der Waals surface area contributed by atoms with E-state index in [2.05, 4.69) is 30.7 Å². The quantitative estimate of drug-likeness (QED) is 0.743. The van der Waals surface area contributed by atoms with Crippen LogP contribution in [-0.4, -0.2) is 24.4 Å². The maximum Gasteiger partial charge on any atom is 0.186 e. The van der Waals surface area contributed by atoms with E-state index in [0.29, 0.717) is 0 Å². The first-order valence-corrected chi connectivity index (χ1v) is 6.55. The standard InChI is InChI=1S/C12H18N2OS/c1-12(2,3)10-9(8-15)16-11(13-10)14-6-4-5-7-14/h8H,4-7H2,1-3H3. The summed E-state index contributed by atoms with van der Waals surface area (Å²) in [5, 5.41) is 1.02. The van der Waals surface area contributed by atoms with E-state index in [1.54, 1.807) is 0 Å². The summed E-state index contributed by atoms with van der Waals surface area (Å²) < 4.78 is 0. The van der Waals surface area contributed by atoms with E-state index in [0.717, 1.165) is 35.1 Å². The maximum atomic E-state index is 11.1. The van der Waals surface area contributed by atoms with E-state index in [4.69, 9.17) is 0 Å². The van der Waals surface area contributed by atoms with Crippen molar-refractivity contribution in [2.24, 2.45) is 0 Å². The first-order valence-electron chi connectivity index (χ1n) is 5.74. The molecule has 0 bridgehead atoms. The second-order valence-electron chi connectivity index (χ2n) is 5.27. The van der Waals surface area contributed by atoms with Crippen molar-refractivity contribution in [2.45, 2.75) is 39.0 Å². The van der Waals surface area contributed by atoms with Crippen LogP contribution in [0.4, 0.5) is 5.13 Å². The molecule has 0 radical (unpaired) electrons. The van der Waals surface area contributed by atoms with Gasteiger partial charge in [0.1, 0.15) is 0 Å². The fourth-order valence-electron chi connectivity index (χ4n) is 1.98. The molecule has 0 aliphatic carbocycles. The molecular formula is C12H18N2OS. The molecule has 2 heterocycles. The first-order chi connectivity index (χ1) is 7.52. The lowest BCUT2D eigenvalue weighted by atomic mass is 9.91. The summed E-state index contributed by atoms with van der Waals surface area (Å²) in [6.45, 7) is 8.46. The molecule has 16 heavy (non-hydrogen) atoms. The summed E-state index contributed by atoms with van der Waals surface area (Å²) in [4.78, 5) is 18.8. The zero-order chi connectivity index (χ0) is 11.8. The van der Waals surface area contributed by atoms with Crippen molar-refractivity contribution >= 4 is 22.8 Å². The Balaban J connectivity index is 2.35. The molecule has 0 aromatic carbocycles.